The first-order valence-corrected chi connectivity index (χ1v) is 10.8. The number of carboxylic acids is 1. The minimum Gasteiger partial charge on any atom is -0.480 e. The van der Waals surface area contributed by atoms with Crippen molar-refractivity contribution >= 4 is 29.6 Å². The van der Waals surface area contributed by atoms with E-state index >= 15 is 0 Å². The fourth-order valence-corrected chi connectivity index (χ4v) is 2.87. The van der Waals surface area contributed by atoms with Gasteiger partial charge in [-0.1, -0.05) is 41.5 Å². The first-order chi connectivity index (χ1) is 14.7. The molecule has 4 unspecified atom stereocenters. The quantitative estimate of drug-likeness (QED) is 0.202. The maximum atomic E-state index is 12.9. The molecule has 184 valence electrons. The van der Waals surface area contributed by atoms with E-state index in [1.54, 1.807) is 27.7 Å². The number of carbonyl (C=O) groups excluding carboxylic acids is 4. The number of amides is 4. The van der Waals surface area contributed by atoms with E-state index in [1.807, 2.05) is 13.8 Å². The Morgan fingerprint density at radius 1 is 0.781 bits per heavy atom. The van der Waals surface area contributed by atoms with E-state index in [9.17, 15) is 29.1 Å². The highest BCUT2D eigenvalue weighted by Gasteiger charge is 2.32. The monoisotopic (exact) mass is 457 g/mol. The van der Waals surface area contributed by atoms with Gasteiger partial charge in [0, 0.05) is 6.42 Å². The lowest BCUT2D eigenvalue weighted by Crippen LogP contribution is -2.59. The van der Waals surface area contributed by atoms with Crippen LogP contribution in [0.3, 0.4) is 0 Å². The van der Waals surface area contributed by atoms with Crippen molar-refractivity contribution in [3.05, 3.63) is 0 Å². The lowest BCUT2D eigenvalue weighted by Gasteiger charge is -2.27. The van der Waals surface area contributed by atoms with Crippen molar-refractivity contribution in [1.82, 2.24) is 16.0 Å². The summed E-state index contributed by atoms with van der Waals surface area (Å²) in [7, 11) is 0. The Balaban J connectivity index is 5.52. The molecule has 0 saturated heterocycles. The Kier molecular flexibility index (Phi) is 12.5. The molecule has 0 radical (unpaired) electrons. The molecule has 8 N–H and O–H groups in total. The molecule has 11 nitrogen and oxygen atoms in total. The summed E-state index contributed by atoms with van der Waals surface area (Å²) < 4.78 is 0. The second-order valence-corrected chi connectivity index (χ2v) is 9.10. The molecular formula is C21H39N5O6. The summed E-state index contributed by atoms with van der Waals surface area (Å²) in [5.74, 6) is -4.26. The van der Waals surface area contributed by atoms with Gasteiger partial charge in [0.05, 0.1) is 6.04 Å². The molecule has 0 aliphatic heterocycles. The molecule has 0 aromatic rings. The zero-order chi connectivity index (χ0) is 25.2. The molecule has 0 bridgehead atoms. The van der Waals surface area contributed by atoms with Gasteiger partial charge < -0.3 is 32.5 Å². The van der Waals surface area contributed by atoms with Gasteiger partial charge in [-0.05, 0) is 30.6 Å². The summed E-state index contributed by atoms with van der Waals surface area (Å²) in [5, 5.41) is 16.9. The zero-order valence-electron chi connectivity index (χ0n) is 19.8. The number of primary amides is 1. The van der Waals surface area contributed by atoms with Crippen molar-refractivity contribution in [3.8, 4) is 0 Å². The number of hydrogen-bond acceptors (Lipinski definition) is 6. The Morgan fingerprint density at radius 2 is 1.31 bits per heavy atom. The molecule has 0 saturated carbocycles. The largest absolute Gasteiger partial charge is 0.480 e. The summed E-state index contributed by atoms with van der Waals surface area (Å²) in [6.45, 7) is 10.6. The summed E-state index contributed by atoms with van der Waals surface area (Å²) in [6.07, 6.45) is -0.127. The summed E-state index contributed by atoms with van der Waals surface area (Å²) in [6, 6.07) is -4.16. The Morgan fingerprint density at radius 3 is 1.72 bits per heavy atom. The molecule has 0 heterocycles. The van der Waals surface area contributed by atoms with Gasteiger partial charge in [0.2, 0.25) is 23.6 Å². The van der Waals surface area contributed by atoms with E-state index < -0.39 is 53.8 Å². The average molecular weight is 458 g/mol. The summed E-state index contributed by atoms with van der Waals surface area (Å²) >= 11 is 0. The lowest BCUT2D eigenvalue weighted by atomic mass is 9.99. The highest BCUT2D eigenvalue weighted by molar-refractivity contribution is 5.94. The second-order valence-electron chi connectivity index (χ2n) is 9.10. The molecule has 4 amide bonds. The maximum Gasteiger partial charge on any atom is 0.326 e. The first-order valence-electron chi connectivity index (χ1n) is 10.8. The molecule has 0 aliphatic carbocycles. The Bertz CT molecular complexity index is 680. The summed E-state index contributed by atoms with van der Waals surface area (Å²) in [5.41, 5.74) is 11.0. The number of aliphatic carboxylic acids is 1. The van der Waals surface area contributed by atoms with Gasteiger partial charge in [0.25, 0.3) is 0 Å². The standard InChI is InChI=1S/C21H39N5O6/c1-10(2)9-14(21(31)32)25-18(28)13(7-8-15(22)27)24-20(30)17(12(5)6)26-19(29)16(23)11(3)4/h10-14,16-17H,7-9,23H2,1-6H3,(H2,22,27)(H,24,30)(H,25,28)(H,26,29)(H,31,32). The average Bonchev–Trinajstić information content (AvgIpc) is 2.66. The van der Waals surface area contributed by atoms with Crippen molar-refractivity contribution in [2.75, 3.05) is 0 Å². The SMILES string of the molecule is CC(C)CC(NC(=O)C(CCC(N)=O)NC(=O)C(NC(=O)C(N)C(C)C)C(C)C)C(=O)O. The fraction of sp³-hybridized carbons (Fsp3) is 0.762. The number of carboxylic acid groups (broad SMARTS) is 1. The van der Waals surface area contributed by atoms with Crippen LogP contribution in [0.15, 0.2) is 0 Å². The third kappa shape index (κ3) is 10.6. The van der Waals surface area contributed by atoms with Gasteiger partial charge in [-0.3, -0.25) is 19.2 Å². The van der Waals surface area contributed by atoms with Crippen molar-refractivity contribution in [3.63, 3.8) is 0 Å². The molecule has 0 rings (SSSR count). The predicted octanol–water partition coefficient (Wildman–Crippen LogP) is -0.524. The van der Waals surface area contributed by atoms with Crippen molar-refractivity contribution in [2.45, 2.75) is 85.0 Å². The third-order valence-electron chi connectivity index (χ3n) is 4.90. The number of hydrogen-bond donors (Lipinski definition) is 6. The van der Waals surface area contributed by atoms with Crippen LogP contribution in [-0.2, 0) is 24.0 Å². The number of nitrogens with one attached hydrogen (secondary N) is 3. The Labute approximate surface area is 189 Å². The minimum absolute atomic E-state index is 0.000704. The topological polar surface area (TPSA) is 194 Å². The third-order valence-corrected chi connectivity index (χ3v) is 4.90. The zero-order valence-corrected chi connectivity index (χ0v) is 19.8. The van der Waals surface area contributed by atoms with Crippen LogP contribution in [0.2, 0.25) is 0 Å². The number of nitrogens with two attached hydrogens (primary N) is 2. The Hall–Kier alpha value is -2.69. The van der Waals surface area contributed by atoms with Crippen molar-refractivity contribution in [1.29, 1.82) is 0 Å². The highest BCUT2D eigenvalue weighted by Crippen LogP contribution is 2.09. The van der Waals surface area contributed by atoms with Gasteiger partial charge in [-0.2, -0.15) is 0 Å². The lowest BCUT2D eigenvalue weighted by molar-refractivity contribution is -0.143. The van der Waals surface area contributed by atoms with Crippen LogP contribution in [-0.4, -0.2) is 58.9 Å². The molecular weight excluding hydrogens is 418 g/mol. The first kappa shape index (κ1) is 29.3. The van der Waals surface area contributed by atoms with E-state index in [0.717, 1.165) is 0 Å². The van der Waals surface area contributed by atoms with Crippen LogP contribution in [0, 0.1) is 17.8 Å². The van der Waals surface area contributed by atoms with Crippen LogP contribution < -0.4 is 27.4 Å². The van der Waals surface area contributed by atoms with Crippen LogP contribution in [0.5, 0.6) is 0 Å². The molecule has 0 spiro atoms. The van der Waals surface area contributed by atoms with Crippen LogP contribution >= 0.6 is 0 Å². The molecule has 0 aromatic heterocycles. The smallest absolute Gasteiger partial charge is 0.326 e. The number of carbonyl (C=O) groups is 5. The van der Waals surface area contributed by atoms with Crippen LogP contribution in [0.4, 0.5) is 0 Å². The predicted molar refractivity (Wildman–Crippen MR) is 119 cm³/mol. The fourth-order valence-electron chi connectivity index (χ4n) is 2.87. The number of rotatable bonds is 14. The van der Waals surface area contributed by atoms with E-state index in [0.29, 0.717) is 0 Å². The second kappa shape index (κ2) is 13.7. The van der Waals surface area contributed by atoms with Gasteiger partial charge in [0.1, 0.15) is 18.1 Å². The van der Waals surface area contributed by atoms with Gasteiger partial charge >= 0.3 is 5.97 Å². The van der Waals surface area contributed by atoms with Crippen molar-refractivity contribution in [2.24, 2.45) is 29.2 Å². The van der Waals surface area contributed by atoms with Crippen LogP contribution in [0.25, 0.3) is 0 Å². The van der Waals surface area contributed by atoms with Gasteiger partial charge in [-0.15, -0.1) is 0 Å². The van der Waals surface area contributed by atoms with Crippen molar-refractivity contribution < 1.29 is 29.1 Å². The maximum absolute atomic E-state index is 12.9. The molecule has 4 atom stereocenters. The summed E-state index contributed by atoms with van der Waals surface area (Å²) in [4.78, 5) is 60.7. The van der Waals surface area contributed by atoms with Crippen LogP contribution in [0.1, 0.15) is 60.8 Å². The van der Waals surface area contributed by atoms with E-state index in [1.165, 1.54) is 0 Å². The van der Waals surface area contributed by atoms with Gasteiger partial charge in [-0.25, -0.2) is 4.79 Å². The van der Waals surface area contributed by atoms with E-state index in [2.05, 4.69) is 16.0 Å². The molecule has 0 fully saturated rings. The minimum atomic E-state index is -1.21. The van der Waals surface area contributed by atoms with E-state index in [-0.39, 0.29) is 37.0 Å². The molecule has 11 heteroatoms. The molecule has 0 aliphatic rings. The normalized spacial score (nSPS) is 15.1. The highest BCUT2D eigenvalue weighted by atomic mass is 16.4. The molecule has 32 heavy (non-hydrogen) atoms. The van der Waals surface area contributed by atoms with Gasteiger partial charge in [0.15, 0.2) is 0 Å². The van der Waals surface area contributed by atoms with E-state index in [4.69, 9.17) is 11.5 Å². The molecule has 0 aromatic carbocycles.